The maximum atomic E-state index is 12.1. The first-order chi connectivity index (χ1) is 12.3. The molecular weight excluding hydrogens is 336 g/mol. The van der Waals surface area contributed by atoms with Crippen LogP contribution >= 0.6 is 0 Å². The molecule has 1 saturated heterocycles. The number of aliphatic hydroxyl groups excluding tert-OH is 1. The van der Waals surface area contributed by atoms with Crippen LogP contribution in [-0.2, 0) is 4.74 Å². The minimum absolute atomic E-state index is 0.187. The largest absolute Gasteiger partial charge is 0.493 e. The third-order valence-electron chi connectivity index (χ3n) is 3.99. The van der Waals surface area contributed by atoms with E-state index in [9.17, 15) is 9.90 Å². The first-order valence-electron chi connectivity index (χ1n) is 8.92. The number of β-amino-alcohol motifs (C(OH)–C–C–N with tert-alkyl or cyclic N) is 1. The van der Waals surface area contributed by atoms with Crippen molar-refractivity contribution in [3.63, 3.8) is 0 Å². The summed E-state index contributed by atoms with van der Waals surface area (Å²) in [6, 6.07) is 7.36. The Morgan fingerprint density at radius 2 is 1.77 bits per heavy atom. The zero-order valence-corrected chi connectivity index (χ0v) is 16.1. The van der Waals surface area contributed by atoms with Gasteiger partial charge in [-0.05, 0) is 32.9 Å². The highest BCUT2D eigenvalue weighted by Crippen LogP contribution is 2.25. The van der Waals surface area contributed by atoms with Crippen molar-refractivity contribution in [1.29, 1.82) is 0 Å². The summed E-state index contributed by atoms with van der Waals surface area (Å²) in [6.45, 7) is 8.85. The van der Waals surface area contributed by atoms with Gasteiger partial charge in [-0.1, -0.05) is 12.1 Å². The van der Waals surface area contributed by atoms with Crippen molar-refractivity contribution in [2.45, 2.75) is 32.5 Å². The molecule has 1 fully saturated rings. The van der Waals surface area contributed by atoms with Gasteiger partial charge >= 0.3 is 6.09 Å². The fraction of sp³-hybridized carbons (Fsp3) is 0.632. The maximum absolute atomic E-state index is 12.1. The van der Waals surface area contributed by atoms with Crippen molar-refractivity contribution in [1.82, 2.24) is 9.80 Å². The Labute approximate surface area is 155 Å². The molecule has 0 unspecified atom stereocenters. The van der Waals surface area contributed by atoms with Gasteiger partial charge in [0.2, 0.25) is 0 Å². The van der Waals surface area contributed by atoms with Crippen LogP contribution in [0.5, 0.6) is 11.5 Å². The number of methoxy groups -OCH3 is 1. The molecule has 26 heavy (non-hydrogen) atoms. The van der Waals surface area contributed by atoms with Crippen LogP contribution in [0.2, 0.25) is 0 Å². The molecule has 1 aromatic carbocycles. The number of para-hydroxylation sites is 2. The predicted octanol–water partition coefficient (Wildman–Crippen LogP) is 1.99. The summed E-state index contributed by atoms with van der Waals surface area (Å²) < 4.78 is 16.3. The summed E-state index contributed by atoms with van der Waals surface area (Å²) >= 11 is 0. The minimum atomic E-state index is -0.618. The van der Waals surface area contributed by atoms with Crippen molar-refractivity contribution in [3.05, 3.63) is 24.3 Å². The molecule has 1 aliphatic heterocycles. The van der Waals surface area contributed by atoms with E-state index < -0.39 is 11.7 Å². The molecule has 7 nitrogen and oxygen atoms in total. The Bertz CT molecular complexity index is 580. The molecule has 1 heterocycles. The Morgan fingerprint density at radius 1 is 1.15 bits per heavy atom. The fourth-order valence-electron chi connectivity index (χ4n) is 2.71. The monoisotopic (exact) mass is 366 g/mol. The van der Waals surface area contributed by atoms with Crippen molar-refractivity contribution in [2.24, 2.45) is 0 Å². The second kappa shape index (κ2) is 9.09. The van der Waals surface area contributed by atoms with E-state index in [4.69, 9.17) is 14.2 Å². The highest BCUT2D eigenvalue weighted by molar-refractivity contribution is 5.68. The minimum Gasteiger partial charge on any atom is -0.493 e. The molecule has 0 aromatic heterocycles. The number of benzene rings is 1. The highest BCUT2D eigenvalue weighted by atomic mass is 16.6. The van der Waals surface area contributed by atoms with E-state index in [0.717, 1.165) is 0 Å². The molecule has 0 saturated carbocycles. The number of hydrogen-bond acceptors (Lipinski definition) is 6. The first-order valence-corrected chi connectivity index (χ1v) is 8.92. The molecule has 0 spiro atoms. The zero-order chi connectivity index (χ0) is 19.2. The van der Waals surface area contributed by atoms with Crippen LogP contribution in [-0.4, -0.2) is 79.1 Å². The molecule has 1 N–H and O–H groups in total. The lowest BCUT2D eigenvalue weighted by molar-refractivity contribution is 0.00706. The van der Waals surface area contributed by atoms with Gasteiger partial charge in [-0.25, -0.2) is 4.79 Å². The number of hydrogen-bond donors (Lipinski definition) is 1. The summed E-state index contributed by atoms with van der Waals surface area (Å²) in [5.41, 5.74) is -0.486. The van der Waals surface area contributed by atoms with Crippen molar-refractivity contribution in [2.75, 3.05) is 46.4 Å². The summed E-state index contributed by atoms with van der Waals surface area (Å²) in [4.78, 5) is 15.9. The Balaban J connectivity index is 1.72. The number of ether oxygens (including phenoxy) is 3. The van der Waals surface area contributed by atoms with Crippen molar-refractivity contribution < 1.29 is 24.1 Å². The third kappa shape index (κ3) is 6.38. The molecule has 0 bridgehead atoms. The van der Waals surface area contributed by atoms with E-state index in [1.165, 1.54) is 0 Å². The lowest BCUT2D eigenvalue weighted by atomic mass is 10.2. The highest BCUT2D eigenvalue weighted by Gasteiger charge is 2.26. The quantitative estimate of drug-likeness (QED) is 0.830. The third-order valence-corrected chi connectivity index (χ3v) is 3.99. The number of rotatable bonds is 6. The van der Waals surface area contributed by atoms with E-state index >= 15 is 0 Å². The van der Waals surface area contributed by atoms with Gasteiger partial charge in [-0.15, -0.1) is 0 Å². The van der Waals surface area contributed by atoms with Crippen LogP contribution in [0.1, 0.15) is 20.8 Å². The lowest BCUT2D eigenvalue weighted by Crippen LogP contribution is -2.51. The van der Waals surface area contributed by atoms with E-state index in [-0.39, 0.29) is 12.7 Å². The molecule has 0 radical (unpaired) electrons. The second-order valence-corrected chi connectivity index (χ2v) is 7.38. The summed E-state index contributed by atoms with van der Waals surface area (Å²) in [6.07, 6.45) is -0.898. The molecule has 2 rings (SSSR count). The second-order valence-electron chi connectivity index (χ2n) is 7.38. The average Bonchev–Trinajstić information content (AvgIpc) is 2.59. The van der Waals surface area contributed by atoms with Gasteiger partial charge in [0.25, 0.3) is 0 Å². The van der Waals surface area contributed by atoms with Crippen LogP contribution in [0.25, 0.3) is 0 Å². The van der Waals surface area contributed by atoms with Gasteiger partial charge in [0.15, 0.2) is 11.5 Å². The molecule has 1 atom stereocenters. The number of piperazine rings is 1. The van der Waals surface area contributed by atoms with Gasteiger partial charge in [-0.2, -0.15) is 0 Å². The van der Waals surface area contributed by atoms with Gasteiger partial charge in [0.05, 0.1) is 7.11 Å². The topological polar surface area (TPSA) is 71.5 Å². The Morgan fingerprint density at radius 3 is 2.35 bits per heavy atom. The smallest absolute Gasteiger partial charge is 0.410 e. The molecule has 146 valence electrons. The van der Waals surface area contributed by atoms with Crippen molar-refractivity contribution in [3.8, 4) is 11.5 Å². The zero-order valence-electron chi connectivity index (χ0n) is 16.1. The van der Waals surface area contributed by atoms with Gasteiger partial charge in [-0.3, -0.25) is 4.90 Å². The Hall–Kier alpha value is -1.99. The van der Waals surface area contributed by atoms with Crippen LogP contribution < -0.4 is 9.47 Å². The van der Waals surface area contributed by atoms with E-state index in [1.807, 2.05) is 45.0 Å². The Kier molecular flexibility index (Phi) is 7.11. The average molecular weight is 366 g/mol. The number of carbonyl (C=O) groups excluding carboxylic acids is 1. The van der Waals surface area contributed by atoms with E-state index in [2.05, 4.69) is 4.90 Å². The summed E-state index contributed by atoms with van der Waals surface area (Å²) in [7, 11) is 1.59. The molecule has 7 heteroatoms. The standard InChI is InChI=1S/C19H30N2O5/c1-19(2,3)26-18(23)21-11-9-20(10-12-21)13-15(22)14-25-17-8-6-5-7-16(17)24-4/h5-8,15,22H,9-14H2,1-4H3/t15-/m1/s1. The fourth-order valence-corrected chi connectivity index (χ4v) is 2.71. The summed E-state index contributed by atoms with van der Waals surface area (Å²) in [5.74, 6) is 1.26. The molecule has 1 aromatic rings. The van der Waals surface area contributed by atoms with Gasteiger partial charge < -0.3 is 24.2 Å². The number of amides is 1. The van der Waals surface area contributed by atoms with Gasteiger partial charge in [0, 0.05) is 32.7 Å². The SMILES string of the molecule is COc1ccccc1OC[C@H](O)CN1CCN(C(=O)OC(C)(C)C)CC1. The lowest BCUT2D eigenvalue weighted by Gasteiger charge is -2.36. The molecule has 1 amide bonds. The predicted molar refractivity (Wildman–Crippen MR) is 98.7 cm³/mol. The first kappa shape index (κ1) is 20.3. The van der Waals surface area contributed by atoms with Crippen LogP contribution in [0.15, 0.2) is 24.3 Å². The molecule has 0 aliphatic carbocycles. The van der Waals surface area contributed by atoms with E-state index in [0.29, 0.717) is 44.2 Å². The molecule has 1 aliphatic rings. The van der Waals surface area contributed by atoms with Crippen LogP contribution in [0.4, 0.5) is 4.79 Å². The number of carbonyl (C=O) groups is 1. The number of nitrogens with zero attached hydrogens (tertiary/aromatic N) is 2. The van der Waals surface area contributed by atoms with Crippen LogP contribution in [0, 0.1) is 0 Å². The van der Waals surface area contributed by atoms with Crippen molar-refractivity contribution >= 4 is 6.09 Å². The maximum Gasteiger partial charge on any atom is 0.410 e. The van der Waals surface area contributed by atoms with E-state index in [1.54, 1.807) is 12.0 Å². The summed E-state index contributed by atoms with van der Waals surface area (Å²) in [5, 5.41) is 10.2. The number of aliphatic hydroxyl groups is 1. The normalized spacial score (nSPS) is 16.9. The van der Waals surface area contributed by atoms with Gasteiger partial charge in [0.1, 0.15) is 18.3 Å². The molecular formula is C19H30N2O5. The van der Waals surface area contributed by atoms with Crippen LogP contribution in [0.3, 0.4) is 0 Å².